The van der Waals surface area contributed by atoms with Gasteiger partial charge in [-0.2, -0.15) is 35.5 Å². The van der Waals surface area contributed by atoms with E-state index in [1.165, 1.54) is 0 Å². The van der Waals surface area contributed by atoms with E-state index in [1.807, 2.05) is 48.5 Å². The molecule has 0 unspecified atom stereocenters. The van der Waals surface area contributed by atoms with Crippen molar-refractivity contribution in [1.82, 2.24) is 19.9 Å². The molecule has 2 aromatic heterocycles. The molecule has 0 fully saturated rings. The van der Waals surface area contributed by atoms with Crippen molar-refractivity contribution < 1.29 is 19.1 Å². The van der Waals surface area contributed by atoms with Crippen molar-refractivity contribution in [3.8, 4) is 0 Å². The number of esters is 2. The van der Waals surface area contributed by atoms with E-state index in [0.717, 1.165) is 0 Å². The molecule has 50 heavy (non-hydrogen) atoms. The number of nitrogens with zero attached hydrogens (tertiary/aromatic N) is 8. The maximum Gasteiger partial charge on any atom is 0.325 e. The zero-order valence-corrected chi connectivity index (χ0v) is 31.6. The first-order valence-corrected chi connectivity index (χ1v) is 16.7. The number of azo groups is 2. The highest BCUT2D eigenvalue weighted by molar-refractivity contribution is 7.79. The Labute approximate surface area is 321 Å². The number of carbonyl (C=O) groups excluding carboxylic acids is 2. The van der Waals surface area contributed by atoms with Crippen molar-refractivity contribution in [3.63, 3.8) is 0 Å². The summed E-state index contributed by atoms with van der Waals surface area (Å²) in [5, 5.41) is 19.5. The summed E-state index contributed by atoms with van der Waals surface area (Å²) in [5.41, 5.74) is 6.74. The largest absolute Gasteiger partial charge is 0.465 e. The van der Waals surface area contributed by atoms with Crippen molar-refractivity contribution in [3.05, 3.63) is 87.8 Å². The van der Waals surface area contributed by atoms with Crippen LogP contribution in [0.4, 0.5) is 28.6 Å². The quantitative estimate of drug-likeness (QED) is 0.0467. The monoisotopic (exact) mass is 802 g/mol. The Morgan fingerprint density at radius 2 is 1.12 bits per heavy atom. The van der Waals surface area contributed by atoms with Gasteiger partial charge in [0.1, 0.15) is 18.2 Å². The summed E-state index contributed by atoms with van der Waals surface area (Å²) in [7, 11) is 0. The van der Waals surface area contributed by atoms with Gasteiger partial charge in [-0.1, -0.05) is 71.2 Å². The fourth-order valence-electron chi connectivity index (χ4n) is 3.14. The Kier molecular flexibility index (Phi) is 22.5. The summed E-state index contributed by atoms with van der Waals surface area (Å²) in [6, 6.07) is 18.4. The van der Waals surface area contributed by atoms with Gasteiger partial charge >= 0.3 is 11.9 Å². The molecule has 4 aromatic rings. The fraction of sp³-hybridized carbons (Fsp3) is 0.267. The first kappa shape index (κ1) is 44.4. The Morgan fingerprint density at radius 1 is 0.700 bits per heavy atom. The number of thiol groups is 2. The molecule has 2 aromatic carbocycles. The van der Waals surface area contributed by atoms with Gasteiger partial charge in [0.25, 0.3) is 0 Å². The van der Waals surface area contributed by atoms with E-state index < -0.39 is 5.97 Å². The van der Waals surface area contributed by atoms with Crippen LogP contribution in [0, 0.1) is 0 Å². The van der Waals surface area contributed by atoms with Crippen LogP contribution < -0.4 is 11.1 Å². The minimum atomic E-state index is -0.411. The number of nitrogens with two attached hydrogens (primary N) is 1. The SMILES string of the molecule is CCOC(=O)CN.CCOC(=O)CNc1nc(CS)nc(Cl)c1N=Nc1ccccc1.Cl.SCc1nc(Cl)c(N=Nc2ccccc2)c(Cl)n1. The number of hydrogen-bond donors (Lipinski definition) is 4. The number of hydrogen-bond acceptors (Lipinski definition) is 16. The van der Waals surface area contributed by atoms with Crippen LogP contribution in [-0.2, 0) is 30.6 Å². The molecule has 0 atom stereocenters. The number of ether oxygens (including phenoxy) is 2. The van der Waals surface area contributed by atoms with Crippen molar-refractivity contribution in [2.45, 2.75) is 25.4 Å². The standard InChI is InChI=1S/C15H16ClN5O2S.C11H8Cl2N4S.C4H9NO2.ClH/c1-2-23-12(22)8-17-15-13(14(16)18-11(9-24)19-15)21-20-10-6-4-3-5-7-10;12-10-9(11(13)15-8(6-18)14-10)17-16-7-4-2-1-3-5-7;1-2-7-4(6)3-5;/h3-7,24H,2,8-9H2,1H3,(H,17,18,19);1-5,18H,6H2;2-3,5H2,1H3;1H. The number of benzene rings is 2. The van der Waals surface area contributed by atoms with Crippen LogP contribution in [0.25, 0.3) is 0 Å². The lowest BCUT2D eigenvalue weighted by Crippen LogP contribution is -2.18. The van der Waals surface area contributed by atoms with Gasteiger partial charge in [-0.15, -0.1) is 22.6 Å². The summed E-state index contributed by atoms with van der Waals surface area (Å²) in [4.78, 5) is 37.9. The smallest absolute Gasteiger partial charge is 0.325 e. The van der Waals surface area contributed by atoms with Gasteiger partial charge in [0.05, 0.1) is 42.6 Å². The highest BCUT2D eigenvalue weighted by atomic mass is 35.5. The third kappa shape index (κ3) is 16.4. The molecule has 0 radical (unpaired) electrons. The predicted octanol–water partition coefficient (Wildman–Crippen LogP) is 8.51. The fourth-order valence-corrected chi connectivity index (χ4v) is 4.15. The van der Waals surface area contributed by atoms with Crippen molar-refractivity contribution in [2.24, 2.45) is 26.2 Å². The third-order valence-corrected chi connectivity index (χ3v) is 6.59. The lowest BCUT2D eigenvalue weighted by molar-refractivity contribution is -0.142. The predicted molar refractivity (Wildman–Crippen MR) is 204 cm³/mol. The van der Waals surface area contributed by atoms with Gasteiger partial charge in [-0.3, -0.25) is 9.59 Å². The highest BCUT2D eigenvalue weighted by Gasteiger charge is 2.14. The molecule has 268 valence electrons. The van der Waals surface area contributed by atoms with E-state index in [1.54, 1.807) is 26.0 Å². The summed E-state index contributed by atoms with van der Waals surface area (Å²) >= 11 is 26.3. The van der Waals surface area contributed by atoms with Gasteiger partial charge in [-0.05, 0) is 38.1 Å². The Hall–Kier alpha value is -3.64. The molecule has 0 saturated heterocycles. The Balaban J connectivity index is 0.000000424. The molecule has 0 aliphatic rings. The van der Waals surface area contributed by atoms with E-state index in [0.29, 0.717) is 53.6 Å². The Bertz CT molecular complexity index is 1670. The highest BCUT2D eigenvalue weighted by Crippen LogP contribution is 2.33. The molecule has 14 nitrogen and oxygen atoms in total. The molecule has 4 rings (SSSR count). The number of rotatable bonds is 12. The molecule has 0 saturated carbocycles. The number of aromatic nitrogens is 4. The van der Waals surface area contributed by atoms with E-state index in [9.17, 15) is 9.59 Å². The van der Waals surface area contributed by atoms with Crippen molar-refractivity contribution >= 4 is 113 Å². The van der Waals surface area contributed by atoms with Gasteiger partial charge in [0.2, 0.25) is 0 Å². The van der Waals surface area contributed by atoms with E-state index in [4.69, 9.17) is 45.3 Å². The topological polar surface area (TPSA) is 192 Å². The molecular weight excluding hydrogens is 770 g/mol. The number of carbonyl (C=O) groups is 2. The van der Waals surface area contributed by atoms with Gasteiger partial charge < -0.3 is 20.5 Å². The minimum Gasteiger partial charge on any atom is -0.465 e. The molecule has 2 heterocycles. The van der Waals surface area contributed by atoms with Crippen LogP contribution in [0.1, 0.15) is 25.5 Å². The van der Waals surface area contributed by atoms with Gasteiger partial charge in [0.15, 0.2) is 32.7 Å². The van der Waals surface area contributed by atoms with Crippen LogP contribution in [0.3, 0.4) is 0 Å². The molecule has 0 spiro atoms. The molecule has 0 bridgehead atoms. The number of halogens is 4. The maximum atomic E-state index is 11.5. The zero-order valence-electron chi connectivity index (χ0n) is 26.7. The van der Waals surface area contributed by atoms with Crippen molar-refractivity contribution in [2.75, 3.05) is 31.6 Å². The Morgan fingerprint density at radius 3 is 1.54 bits per heavy atom. The average Bonchev–Trinajstić information content (AvgIpc) is 3.11. The zero-order chi connectivity index (χ0) is 36.0. The molecular formula is C30H34Cl4N10O4S2. The molecule has 20 heteroatoms. The van der Waals surface area contributed by atoms with Gasteiger partial charge in [0, 0.05) is 0 Å². The lowest BCUT2D eigenvalue weighted by Gasteiger charge is -2.09. The second-order valence-corrected chi connectivity index (χ2v) is 10.5. The summed E-state index contributed by atoms with van der Waals surface area (Å²) in [6.07, 6.45) is 0. The second kappa shape index (κ2) is 25.3. The van der Waals surface area contributed by atoms with Crippen LogP contribution in [0.15, 0.2) is 81.1 Å². The summed E-state index contributed by atoms with van der Waals surface area (Å²) in [5.74, 6) is 1.06. The molecule has 0 aliphatic heterocycles. The van der Waals surface area contributed by atoms with Crippen LogP contribution in [0.5, 0.6) is 0 Å². The third-order valence-electron chi connectivity index (χ3n) is 5.24. The normalized spacial score (nSPS) is 10.3. The lowest BCUT2D eigenvalue weighted by atomic mass is 10.3. The minimum absolute atomic E-state index is 0. The summed E-state index contributed by atoms with van der Waals surface area (Å²) < 4.78 is 9.30. The van der Waals surface area contributed by atoms with Crippen LogP contribution in [0.2, 0.25) is 15.5 Å². The van der Waals surface area contributed by atoms with E-state index in [2.05, 4.69) is 75.7 Å². The van der Waals surface area contributed by atoms with Crippen molar-refractivity contribution in [1.29, 1.82) is 0 Å². The second-order valence-electron chi connectivity index (χ2n) is 8.75. The molecule has 0 aliphatic carbocycles. The van der Waals surface area contributed by atoms with E-state index in [-0.39, 0.29) is 58.3 Å². The maximum absolute atomic E-state index is 11.5. The molecule has 0 amide bonds. The number of nitrogens with one attached hydrogen (secondary N) is 1. The van der Waals surface area contributed by atoms with Gasteiger partial charge in [-0.25, -0.2) is 19.9 Å². The van der Waals surface area contributed by atoms with E-state index >= 15 is 0 Å². The first-order chi connectivity index (χ1) is 23.6. The summed E-state index contributed by atoms with van der Waals surface area (Å²) in [6.45, 7) is 4.10. The first-order valence-electron chi connectivity index (χ1n) is 14.3. The van der Waals surface area contributed by atoms with Crippen LogP contribution >= 0.6 is 72.5 Å². The van der Waals surface area contributed by atoms with Crippen LogP contribution in [-0.4, -0.2) is 58.2 Å². The number of anilines is 1. The molecule has 3 N–H and O–H groups in total. The average molecular weight is 805 g/mol.